The molecule has 1 saturated heterocycles. The molecule has 242 valence electrons. The fourth-order valence-corrected chi connectivity index (χ4v) is 7.52. The van der Waals surface area contributed by atoms with Crippen LogP contribution in [0.5, 0.6) is 5.75 Å². The molecular weight excluding hydrogens is 695 g/mol. The van der Waals surface area contributed by atoms with E-state index < -0.39 is 28.4 Å². The number of aliphatic hydroxyl groups is 1. The number of carbonyl (C=O) groups excluding carboxylic acids is 2. The van der Waals surface area contributed by atoms with Crippen LogP contribution >= 0.6 is 46.3 Å². The van der Waals surface area contributed by atoms with Gasteiger partial charge in [-0.25, -0.2) is 0 Å². The summed E-state index contributed by atoms with van der Waals surface area (Å²) in [5.41, 5.74) is 3.19. The number of rotatable bonds is 10. The highest BCUT2D eigenvalue weighted by atomic mass is 35.5. The van der Waals surface area contributed by atoms with Gasteiger partial charge in [0, 0.05) is 33.5 Å². The summed E-state index contributed by atoms with van der Waals surface area (Å²) in [6.07, 6.45) is 0. The van der Waals surface area contributed by atoms with Gasteiger partial charge < -0.3 is 9.84 Å². The number of aryl methyl sites for hydroxylation is 1. The Bertz CT molecular complexity index is 2070. The molecule has 2 heterocycles. The molecule has 5 aromatic rings. The maximum absolute atomic E-state index is 13.6. The van der Waals surface area contributed by atoms with Crippen molar-refractivity contribution in [2.45, 2.75) is 29.7 Å². The second-order valence-corrected chi connectivity index (χ2v) is 13.7. The number of non-ortho nitro benzene ring substituents is 1. The molecule has 10 nitrogen and oxygen atoms in total. The topological polar surface area (TPSA) is 136 Å². The van der Waals surface area contributed by atoms with Crippen LogP contribution in [-0.4, -0.2) is 31.9 Å². The van der Waals surface area contributed by atoms with Crippen molar-refractivity contribution in [2.75, 3.05) is 4.90 Å². The third-order valence-electron chi connectivity index (χ3n) is 7.45. The number of aromatic nitrogens is 2. The number of anilines is 1. The van der Waals surface area contributed by atoms with Crippen LogP contribution in [0.2, 0.25) is 10.0 Å². The van der Waals surface area contributed by atoms with Gasteiger partial charge >= 0.3 is 5.91 Å². The van der Waals surface area contributed by atoms with Gasteiger partial charge in [-0.05, 0) is 72.1 Å². The quantitative estimate of drug-likeness (QED) is 0.0286. The van der Waals surface area contributed by atoms with Crippen LogP contribution in [0.25, 0.3) is 5.76 Å². The van der Waals surface area contributed by atoms with Crippen LogP contribution in [0, 0.1) is 17.0 Å². The van der Waals surface area contributed by atoms with E-state index in [-0.39, 0.29) is 22.0 Å². The third-order valence-corrected chi connectivity index (χ3v) is 10.1. The molecule has 1 atom stereocenters. The second-order valence-electron chi connectivity index (χ2n) is 10.7. The van der Waals surface area contributed by atoms with Crippen molar-refractivity contribution in [1.82, 2.24) is 10.2 Å². The number of thioether (sulfide) groups is 1. The van der Waals surface area contributed by atoms with Crippen molar-refractivity contribution in [2.24, 2.45) is 0 Å². The molecule has 1 N–H and O–H groups in total. The number of Topliss-reactive ketones (excluding diaryl/α,β-unsaturated/α-hetero) is 1. The summed E-state index contributed by atoms with van der Waals surface area (Å²) in [7, 11) is 0. The molecule has 0 bridgehead atoms. The van der Waals surface area contributed by atoms with Gasteiger partial charge in [-0.3, -0.25) is 24.6 Å². The Hall–Kier alpha value is -4.75. The number of carbonyl (C=O) groups is 2. The molecule has 0 radical (unpaired) electrons. The van der Waals surface area contributed by atoms with E-state index in [0.29, 0.717) is 38.1 Å². The maximum Gasteiger partial charge on any atom is 0.301 e. The second kappa shape index (κ2) is 14.2. The van der Waals surface area contributed by atoms with Gasteiger partial charge in [0.05, 0.1) is 16.5 Å². The summed E-state index contributed by atoms with van der Waals surface area (Å²) >= 11 is 14.7. The molecule has 6 rings (SSSR count). The molecular formula is C34H24Cl2N4O6S2. The van der Waals surface area contributed by atoms with Crippen molar-refractivity contribution in [1.29, 1.82) is 0 Å². The van der Waals surface area contributed by atoms with E-state index in [0.717, 1.165) is 32.9 Å². The number of nitrogens with zero attached hydrogens (tertiary/aromatic N) is 4. The number of aliphatic hydroxyl groups excluding tert-OH is 1. The van der Waals surface area contributed by atoms with E-state index in [4.69, 9.17) is 27.9 Å². The summed E-state index contributed by atoms with van der Waals surface area (Å²) in [4.78, 5) is 39.1. The molecule has 1 amide bonds. The van der Waals surface area contributed by atoms with Gasteiger partial charge in [0.25, 0.3) is 11.5 Å². The first-order chi connectivity index (χ1) is 23.1. The SMILES string of the molecule is Cc1cccc(COc2ccc(C(O)=C3C(=O)C(=O)N(c4nnc(SCc5ccc(Cl)cc5Cl)s4)C3c3ccc([N+](=O)[O-])cc3)cc2)c1. The Balaban J connectivity index is 1.31. The van der Waals surface area contributed by atoms with Crippen LogP contribution in [0.3, 0.4) is 0 Å². The van der Waals surface area contributed by atoms with E-state index in [1.54, 1.807) is 42.5 Å². The Kier molecular flexibility index (Phi) is 9.78. The molecule has 14 heteroatoms. The van der Waals surface area contributed by atoms with Crippen LogP contribution in [-0.2, 0) is 21.9 Å². The number of hydrogen-bond acceptors (Lipinski definition) is 10. The Morgan fingerprint density at radius 2 is 1.77 bits per heavy atom. The van der Waals surface area contributed by atoms with Gasteiger partial charge in [0.15, 0.2) is 4.34 Å². The normalized spacial score (nSPS) is 15.6. The Labute approximate surface area is 292 Å². The Morgan fingerprint density at radius 1 is 1.02 bits per heavy atom. The summed E-state index contributed by atoms with van der Waals surface area (Å²) in [6, 6.07) is 23.9. The zero-order valence-electron chi connectivity index (χ0n) is 25.0. The van der Waals surface area contributed by atoms with Crippen molar-refractivity contribution in [3.63, 3.8) is 0 Å². The lowest BCUT2D eigenvalue weighted by molar-refractivity contribution is -0.384. The predicted molar refractivity (Wildman–Crippen MR) is 186 cm³/mol. The molecule has 1 fully saturated rings. The summed E-state index contributed by atoms with van der Waals surface area (Å²) in [5, 5.41) is 32.4. The molecule has 1 unspecified atom stereocenters. The van der Waals surface area contributed by atoms with Gasteiger partial charge in [0.2, 0.25) is 5.13 Å². The number of nitro groups is 1. The number of halogens is 2. The average molecular weight is 720 g/mol. The largest absolute Gasteiger partial charge is 0.507 e. The van der Waals surface area contributed by atoms with Crippen LogP contribution < -0.4 is 9.64 Å². The van der Waals surface area contributed by atoms with E-state index in [2.05, 4.69) is 10.2 Å². The molecule has 48 heavy (non-hydrogen) atoms. The van der Waals surface area contributed by atoms with Crippen molar-refractivity contribution < 1.29 is 24.4 Å². The molecule has 1 aliphatic heterocycles. The monoisotopic (exact) mass is 718 g/mol. The molecule has 4 aromatic carbocycles. The maximum atomic E-state index is 13.6. The van der Waals surface area contributed by atoms with Crippen molar-refractivity contribution in [3.05, 3.63) is 145 Å². The van der Waals surface area contributed by atoms with Gasteiger partial charge in [-0.15, -0.1) is 10.2 Å². The van der Waals surface area contributed by atoms with Crippen LogP contribution in [0.4, 0.5) is 10.8 Å². The molecule has 0 saturated carbocycles. The summed E-state index contributed by atoms with van der Waals surface area (Å²) in [6.45, 7) is 2.34. The third kappa shape index (κ3) is 7.07. The lowest BCUT2D eigenvalue weighted by atomic mass is 9.95. The molecule has 1 aliphatic rings. The number of ether oxygens (including phenoxy) is 1. The minimum Gasteiger partial charge on any atom is -0.507 e. The first kappa shape index (κ1) is 33.2. The van der Waals surface area contributed by atoms with E-state index >= 15 is 0 Å². The number of benzene rings is 4. The molecule has 0 spiro atoms. The standard InChI is InChI=1S/C34H24Cl2N4O6S2/c1-19-3-2-4-20(15-19)17-46-26-13-8-22(9-14-26)30(41)28-29(21-6-11-25(12-7-21)40(44)45)39(32(43)31(28)42)33-37-38-34(48-33)47-18-23-5-10-24(35)16-27(23)36/h2-16,29,41H,17-18H2,1H3. The Morgan fingerprint density at radius 3 is 2.46 bits per heavy atom. The van der Waals surface area contributed by atoms with E-state index in [1.165, 1.54) is 36.0 Å². The van der Waals surface area contributed by atoms with E-state index in [1.807, 2.05) is 31.2 Å². The zero-order valence-corrected chi connectivity index (χ0v) is 28.1. The van der Waals surface area contributed by atoms with Gasteiger partial charge in [-0.2, -0.15) is 0 Å². The molecule has 0 aliphatic carbocycles. The van der Waals surface area contributed by atoms with Crippen molar-refractivity contribution >= 4 is 74.6 Å². The highest BCUT2D eigenvalue weighted by Crippen LogP contribution is 2.44. The van der Waals surface area contributed by atoms with Crippen LogP contribution in [0.15, 0.2) is 101 Å². The van der Waals surface area contributed by atoms with Gasteiger partial charge in [0.1, 0.15) is 18.1 Å². The smallest absolute Gasteiger partial charge is 0.301 e. The lowest BCUT2D eigenvalue weighted by Gasteiger charge is -2.22. The number of nitro benzene ring substituents is 1. The average Bonchev–Trinajstić information content (AvgIpc) is 3.65. The number of amides is 1. The van der Waals surface area contributed by atoms with Crippen LogP contribution in [0.1, 0.15) is 33.9 Å². The van der Waals surface area contributed by atoms with Gasteiger partial charge in [-0.1, -0.05) is 82.2 Å². The zero-order chi connectivity index (χ0) is 33.9. The highest BCUT2D eigenvalue weighted by molar-refractivity contribution is 8.00. The lowest BCUT2D eigenvalue weighted by Crippen LogP contribution is -2.29. The minimum atomic E-state index is -1.14. The number of hydrogen-bond donors (Lipinski definition) is 1. The fourth-order valence-electron chi connectivity index (χ4n) is 5.09. The molecule has 1 aromatic heterocycles. The highest BCUT2D eigenvalue weighted by Gasteiger charge is 2.48. The fraction of sp³-hybridized carbons (Fsp3) is 0.118. The minimum absolute atomic E-state index is 0.115. The predicted octanol–water partition coefficient (Wildman–Crippen LogP) is 8.56. The first-order valence-corrected chi connectivity index (χ1v) is 16.9. The summed E-state index contributed by atoms with van der Waals surface area (Å²) in [5.74, 6) is -1.29. The van der Waals surface area contributed by atoms with Crippen molar-refractivity contribution in [3.8, 4) is 5.75 Å². The summed E-state index contributed by atoms with van der Waals surface area (Å²) < 4.78 is 6.39. The first-order valence-electron chi connectivity index (χ1n) is 14.3. The van der Waals surface area contributed by atoms with E-state index in [9.17, 15) is 24.8 Å². The number of ketones is 1.